The van der Waals surface area contributed by atoms with Crippen LogP contribution in [0.5, 0.6) is 5.75 Å². The molecule has 78 valence electrons. The smallest absolute Gasteiger partial charge is 0.406 e. The molecule has 1 aromatic rings. The summed E-state index contributed by atoms with van der Waals surface area (Å²) < 4.78 is 39.2. The summed E-state index contributed by atoms with van der Waals surface area (Å²) in [4.78, 5) is 0. The Morgan fingerprint density at radius 2 is 2.00 bits per heavy atom. The van der Waals surface area contributed by atoms with Crippen LogP contribution < -0.4 is 10.5 Å². The van der Waals surface area contributed by atoms with Gasteiger partial charge in [0, 0.05) is 11.0 Å². The third kappa shape index (κ3) is 3.10. The van der Waals surface area contributed by atoms with E-state index < -0.39 is 6.36 Å². The van der Waals surface area contributed by atoms with Gasteiger partial charge in [-0.2, -0.15) is 0 Å². The number of halogens is 4. The molecule has 0 fully saturated rings. The van der Waals surface area contributed by atoms with E-state index in [0.29, 0.717) is 16.6 Å². The molecule has 0 aromatic heterocycles. The lowest BCUT2D eigenvalue weighted by Gasteiger charge is -2.10. The summed E-state index contributed by atoms with van der Waals surface area (Å²) in [5.41, 5.74) is 6.49. The number of nitrogens with two attached hydrogens (primary N) is 1. The Morgan fingerprint density at radius 3 is 2.50 bits per heavy atom. The van der Waals surface area contributed by atoms with Gasteiger partial charge in [0.15, 0.2) is 0 Å². The number of hydrogen-bond donors (Lipinski definition) is 1. The first-order valence-electron chi connectivity index (χ1n) is 3.62. The van der Waals surface area contributed by atoms with E-state index in [1.165, 1.54) is 18.2 Å². The zero-order valence-electron chi connectivity index (χ0n) is 6.94. The van der Waals surface area contributed by atoms with Crippen molar-refractivity contribution in [3.8, 4) is 5.75 Å². The number of benzene rings is 1. The Morgan fingerprint density at radius 1 is 1.36 bits per heavy atom. The molecule has 0 unspecified atom stereocenters. The van der Waals surface area contributed by atoms with Gasteiger partial charge in [-0.05, 0) is 23.8 Å². The Labute approximate surface area is 87.0 Å². The second kappa shape index (κ2) is 4.08. The van der Waals surface area contributed by atoms with Gasteiger partial charge >= 0.3 is 6.36 Å². The highest BCUT2D eigenvalue weighted by Crippen LogP contribution is 2.26. The van der Waals surface area contributed by atoms with Gasteiger partial charge in [-0.25, -0.2) is 0 Å². The van der Waals surface area contributed by atoms with Gasteiger partial charge in [0.05, 0.1) is 0 Å². The predicted octanol–water partition coefficient (Wildman–Crippen LogP) is 3.06. The minimum absolute atomic E-state index is 0.263. The van der Waals surface area contributed by atoms with Gasteiger partial charge in [-0.3, -0.25) is 0 Å². The number of ether oxygens (including phenoxy) is 1. The van der Waals surface area contributed by atoms with Crippen molar-refractivity contribution in [1.82, 2.24) is 0 Å². The molecular formula is C8H7BrF3NO. The molecule has 0 aliphatic rings. The van der Waals surface area contributed by atoms with E-state index in [0.717, 1.165) is 0 Å². The van der Waals surface area contributed by atoms with Crippen LogP contribution >= 0.6 is 15.9 Å². The highest BCUT2D eigenvalue weighted by molar-refractivity contribution is 9.08. The van der Waals surface area contributed by atoms with Crippen molar-refractivity contribution >= 4 is 21.6 Å². The average molecular weight is 270 g/mol. The zero-order valence-corrected chi connectivity index (χ0v) is 8.52. The van der Waals surface area contributed by atoms with Crippen molar-refractivity contribution in [1.29, 1.82) is 0 Å². The standard InChI is InChI=1S/C8H7BrF3NO/c9-4-5-3-6(1-2-7(5)13)14-8(10,11)12/h1-3H,4,13H2. The number of hydrogen-bond acceptors (Lipinski definition) is 2. The molecule has 0 aliphatic carbocycles. The molecule has 0 saturated carbocycles. The van der Waals surface area contributed by atoms with Crippen molar-refractivity contribution in [2.75, 3.05) is 5.73 Å². The first kappa shape index (κ1) is 11.2. The fourth-order valence-electron chi connectivity index (χ4n) is 0.895. The summed E-state index contributed by atoms with van der Waals surface area (Å²) in [6.07, 6.45) is -4.67. The maximum Gasteiger partial charge on any atom is 0.573 e. The maximum atomic E-state index is 11.8. The first-order valence-corrected chi connectivity index (χ1v) is 4.74. The quantitative estimate of drug-likeness (QED) is 0.662. The van der Waals surface area contributed by atoms with E-state index in [-0.39, 0.29) is 5.75 Å². The Hall–Kier alpha value is -0.910. The van der Waals surface area contributed by atoms with Crippen molar-refractivity contribution in [3.63, 3.8) is 0 Å². The van der Waals surface area contributed by atoms with Crippen LogP contribution in [-0.2, 0) is 5.33 Å². The highest BCUT2D eigenvalue weighted by atomic mass is 79.9. The molecule has 0 radical (unpaired) electrons. The van der Waals surface area contributed by atoms with Crippen molar-refractivity contribution in [2.24, 2.45) is 0 Å². The maximum absolute atomic E-state index is 11.8. The zero-order chi connectivity index (χ0) is 10.8. The van der Waals surface area contributed by atoms with E-state index >= 15 is 0 Å². The molecule has 1 rings (SSSR count). The molecule has 0 saturated heterocycles. The van der Waals surface area contributed by atoms with E-state index in [1.54, 1.807) is 0 Å². The molecule has 0 aliphatic heterocycles. The van der Waals surface area contributed by atoms with Crippen molar-refractivity contribution < 1.29 is 17.9 Å². The van der Waals surface area contributed by atoms with Crippen LogP contribution in [-0.4, -0.2) is 6.36 Å². The molecule has 6 heteroatoms. The van der Waals surface area contributed by atoms with Crippen LogP contribution in [0.15, 0.2) is 18.2 Å². The number of nitrogen functional groups attached to an aromatic ring is 1. The molecule has 0 atom stereocenters. The summed E-state index contributed by atoms with van der Waals surface area (Å²) in [6.45, 7) is 0. The minimum atomic E-state index is -4.67. The lowest BCUT2D eigenvalue weighted by molar-refractivity contribution is -0.274. The van der Waals surface area contributed by atoms with Crippen LogP contribution in [0.25, 0.3) is 0 Å². The monoisotopic (exact) mass is 269 g/mol. The summed E-state index contributed by atoms with van der Waals surface area (Å²) in [5.74, 6) is -0.263. The average Bonchev–Trinajstić information content (AvgIpc) is 2.06. The number of anilines is 1. The van der Waals surface area contributed by atoms with E-state index in [2.05, 4.69) is 20.7 Å². The molecule has 0 spiro atoms. The van der Waals surface area contributed by atoms with Gasteiger partial charge in [-0.1, -0.05) is 15.9 Å². The van der Waals surface area contributed by atoms with E-state index in [1.807, 2.05) is 0 Å². The third-order valence-electron chi connectivity index (χ3n) is 1.49. The number of alkyl halides is 4. The predicted molar refractivity (Wildman–Crippen MR) is 50.2 cm³/mol. The van der Waals surface area contributed by atoms with E-state index in [4.69, 9.17) is 5.73 Å². The largest absolute Gasteiger partial charge is 0.573 e. The molecule has 0 heterocycles. The molecular weight excluding hydrogens is 263 g/mol. The first-order chi connectivity index (χ1) is 6.42. The Balaban J connectivity index is 2.90. The SMILES string of the molecule is Nc1ccc(OC(F)(F)F)cc1CBr. The second-order valence-corrected chi connectivity index (χ2v) is 3.10. The van der Waals surface area contributed by atoms with Gasteiger partial charge in [0.25, 0.3) is 0 Å². The van der Waals surface area contributed by atoms with Gasteiger partial charge in [0.2, 0.25) is 0 Å². The third-order valence-corrected chi connectivity index (χ3v) is 2.10. The molecule has 14 heavy (non-hydrogen) atoms. The van der Waals surface area contributed by atoms with Crippen LogP contribution in [0.1, 0.15) is 5.56 Å². The highest BCUT2D eigenvalue weighted by Gasteiger charge is 2.31. The molecule has 1 aromatic carbocycles. The van der Waals surface area contributed by atoms with Gasteiger partial charge in [-0.15, -0.1) is 13.2 Å². The summed E-state index contributed by atoms with van der Waals surface area (Å²) in [6, 6.07) is 3.80. The van der Waals surface area contributed by atoms with E-state index in [9.17, 15) is 13.2 Å². The molecule has 0 bridgehead atoms. The molecule has 2 N–H and O–H groups in total. The Kier molecular flexibility index (Phi) is 3.25. The summed E-state index contributed by atoms with van der Waals surface area (Å²) in [7, 11) is 0. The normalized spacial score (nSPS) is 11.4. The molecule has 2 nitrogen and oxygen atoms in total. The lowest BCUT2D eigenvalue weighted by Crippen LogP contribution is -2.17. The fourth-order valence-corrected chi connectivity index (χ4v) is 1.38. The fraction of sp³-hybridized carbons (Fsp3) is 0.250. The second-order valence-electron chi connectivity index (χ2n) is 2.54. The van der Waals surface area contributed by atoms with Gasteiger partial charge in [0.1, 0.15) is 5.75 Å². The van der Waals surface area contributed by atoms with Crippen LogP contribution in [0.2, 0.25) is 0 Å². The Bertz CT molecular complexity index is 327. The van der Waals surface area contributed by atoms with Crippen molar-refractivity contribution in [3.05, 3.63) is 23.8 Å². The summed E-state index contributed by atoms with van der Waals surface area (Å²) in [5, 5.41) is 0.383. The molecule has 0 amide bonds. The lowest BCUT2D eigenvalue weighted by atomic mass is 10.2. The van der Waals surface area contributed by atoms with Crippen LogP contribution in [0.4, 0.5) is 18.9 Å². The topological polar surface area (TPSA) is 35.2 Å². The van der Waals surface area contributed by atoms with Crippen LogP contribution in [0.3, 0.4) is 0 Å². The minimum Gasteiger partial charge on any atom is -0.406 e. The van der Waals surface area contributed by atoms with Gasteiger partial charge < -0.3 is 10.5 Å². The van der Waals surface area contributed by atoms with Crippen LogP contribution in [0, 0.1) is 0 Å². The summed E-state index contributed by atoms with van der Waals surface area (Å²) >= 11 is 3.11. The van der Waals surface area contributed by atoms with Crippen molar-refractivity contribution in [2.45, 2.75) is 11.7 Å². The number of rotatable bonds is 2.